The Morgan fingerprint density at radius 3 is 2.83 bits per heavy atom. The number of nitrogen functional groups attached to an aromatic ring is 1. The number of halogens is 2. The Bertz CT molecular complexity index is 560. The molecule has 0 aliphatic rings. The Morgan fingerprint density at radius 2 is 2.17 bits per heavy atom. The van der Waals surface area contributed by atoms with E-state index in [0.717, 1.165) is 27.4 Å². The highest BCUT2D eigenvalue weighted by Crippen LogP contribution is 2.26. The Balaban J connectivity index is 2.19. The van der Waals surface area contributed by atoms with Crippen molar-refractivity contribution in [3.05, 3.63) is 51.6 Å². The van der Waals surface area contributed by atoms with Crippen LogP contribution in [0.2, 0.25) is 5.02 Å². The molecular formula is C13H13BrClN3. The molecule has 0 amide bonds. The second kappa shape index (κ2) is 5.59. The van der Waals surface area contributed by atoms with Crippen molar-refractivity contribution in [1.29, 1.82) is 0 Å². The van der Waals surface area contributed by atoms with E-state index in [4.69, 9.17) is 17.3 Å². The number of pyridine rings is 1. The van der Waals surface area contributed by atoms with Crippen molar-refractivity contribution in [1.82, 2.24) is 4.98 Å². The van der Waals surface area contributed by atoms with Crippen molar-refractivity contribution >= 4 is 39.0 Å². The average Bonchev–Trinajstić information content (AvgIpc) is 2.28. The lowest BCUT2D eigenvalue weighted by Gasteiger charge is -2.19. The second-order valence-electron chi connectivity index (χ2n) is 4.06. The molecule has 0 aliphatic heterocycles. The van der Waals surface area contributed by atoms with Gasteiger partial charge in [0.05, 0.1) is 16.4 Å². The van der Waals surface area contributed by atoms with Gasteiger partial charge >= 0.3 is 0 Å². The first-order chi connectivity index (χ1) is 8.56. The highest BCUT2D eigenvalue weighted by Gasteiger charge is 2.08. The Morgan fingerprint density at radius 1 is 1.39 bits per heavy atom. The molecule has 0 atom stereocenters. The molecule has 0 spiro atoms. The summed E-state index contributed by atoms with van der Waals surface area (Å²) in [5, 5.41) is 0.741. The van der Waals surface area contributed by atoms with Crippen LogP contribution in [-0.2, 0) is 6.54 Å². The zero-order valence-electron chi connectivity index (χ0n) is 9.90. The molecule has 3 nitrogen and oxygen atoms in total. The molecule has 5 heteroatoms. The smallest absolute Gasteiger partial charge is 0.143 e. The maximum atomic E-state index is 5.97. The lowest BCUT2D eigenvalue weighted by Crippen LogP contribution is -2.18. The van der Waals surface area contributed by atoms with E-state index in [0.29, 0.717) is 5.69 Å². The van der Waals surface area contributed by atoms with Crippen molar-refractivity contribution < 1.29 is 0 Å². The summed E-state index contributed by atoms with van der Waals surface area (Å²) in [6, 6.07) is 9.63. The lowest BCUT2D eigenvalue weighted by atomic mass is 10.2. The van der Waals surface area contributed by atoms with Crippen LogP contribution in [0, 0.1) is 0 Å². The lowest BCUT2D eigenvalue weighted by molar-refractivity contribution is 0.894. The van der Waals surface area contributed by atoms with Crippen LogP contribution >= 0.6 is 27.5 Å². The number of benzene rings is 1. The summed E-state index contributed by atoms with van der Waals surface area (Å²) in [5.74, 6) is 0.851. The standard InChI is InChI=1S/C13H13BrClN3/c1-18(8-9-3-2-4-10(15)5-9)13-12(14)6-11(16)7-17-13/h2-7H,8,16H2,1H3. The van der Waals surface area contributed by atoms with Crippen molar-refractivity contribution in [3.8, 4) is 0 Å². The van der Waals surface area contributed by atoms with Crippen molar-refractivity contribution in [2.45, 2.75) is 6.54 Å². The molecule has 0 radical (unpaired) electrons. The van der Waals surface area contributed by atoms with Crippen molar-refractivity contribution in [3.63, 3.8) is 0 Å². The van der Waals surface area contributed by atoms with E-state index in [1.807, 2.05) is 42.3 Å². The molecule has 2 rings (SSSR count). The third kappa shape index (κ3) is 3.15. The maximum Gasteiger partial charge on any atom is 0.143 e. The highest BCUT2D eigenvalue weighted by molar-refractivity contribution is 9.10. The van der Waals surface area contributed by atoms with E-state index in [1.165, 1.54) is 0 Å². The summed E-state index contributed by atoms with van der Waals surface area (Å²) >= 11 is 9.43. The summed E-state index contributed by atoms with van der Waals surface area (Å²) in [6.45, 7) is 0.732. The summed E-state index contributed by atoms with van der Waals surface area (Å²) in [6.07, 6.45) is 1.65. The summed E-state index contributed by atoms with van der Waals surface area (Å²) in [4.78, 5) is 6.35. The van der Waals surface area contributed by atoms with Crippen LogP contribution in [0.15, 0.2) is 41.0 Å². The second-order valence-corrected chi connectivity index (χ2v) is 5.35. The van der Waals surface area contributed by atoms with E-state index >= 15 is 0 Å². The third-order valence-corrected chi connectivity index (χ3v) is 3.33. The topological polar surface area (TPSA) is 42.2 Å². The van der Waals surface area contributed by atoms with Crippen LogP contribution in [0.3, 0.4) is 0 Å². The van der Waals surface area contributed by atoms with E-state index in [1.54, 1.807) is 6.20 Å². The molecule has 1 aromatic heterocycles. The summed E-state index contributed by atoms with van der Waals surface area (Å²) in [7, 11) is 1.98. The molecule has 0 unspecified atom stereocenters. The van der Waals surface area contributed by atoms with Gasteiger partial charge in [0, 0.05) is 18.6 Å². The number of hydrogen-bond donors (Lipinski definition) is 1. The minimum atomic E-state index is 0.641. The predicted molar refractivity (Wildman–Crippen MR) is 79.9 cm³/mol. The van der Waals surface area contributed by atoms with Crippen LogP contribution in [0.4, 0.5) is 11.5 Å². The molecule has 94 valence electrons. The molecule has 2 aromatic rings. The Labute approximate surface area is 120 Å². The molecule has 2 N–H and O–H groups in total. The van der Waals surface area contributed by atoms with Gasteiger partial charge in [-0.15, -0.1) is 0 Å². The minimum Gasteiger partial charge on any atom is -0.397 e. The zero-order chi connectivity index (χ0) is 13.1. The van der Waals surface area contributed by atoms with Crippen molar-refractivity contribution in [2.75, 3.05) is 17.7 Å². The van der Waals surface area contributed by atoms with Gasteiger partial charge in [0.1, 0.15) is 5.82 Å². The van der Waals surface area contributed by atoms with Gasteiger partial charge in [0.25, 0.3) is 0 Å². The Hall–Kier alpha value is -1.26. The van der Waals surface area contributed by atoms with Gasteiger partial charge in [0.2, 0.25) is 0 Å². The monoisotopic (exact) mass is 325 g/mol. The molecule has 0 saturated heterocycles. The number of anilines is 2. The zero-order valence-corrected chi connectivity index (χ0v) is 12.2. The van der Waals surface area contributed by atoms with E-state index in [-0.39, 0.29) is 0 Å². The number of rotatable bonds is 3. The van der Waals surface area contributed by atoms with E-state index in [2.05, 4.69) is 20.9 Å². The minimum absolute atomic E-state index is 0.641. The van der Waals surface area contributed by atoms with Crippen LogP contribution < -0.4 is 10.6 Å². The number of hydrogen-bond acceptors (Lipinski definition) is 3. The first kappa shape index (κ1) is 13.2. The molecule has 0 saturated carbocycles. The third-order valence-electron chi connectivity index (χ3n) is 2.51. The average molecular weight is 327 g/mol. The molecule has 0 aliphatic carbocycles. The molecule has 18 heavy (non-hydrogen) atoms. The maximum absolute atomic E-state index is 5.97. The molecular weight excluding hydrogens is 314 g/mol. The number of nitrogens with two attached hydrogens (primary N) is 1. The normalized spacial score (nSPS) is 10.4. The van der Waals surface area contributed by atoms with Crippen LogP contribution in [0.5, 0.6) is 0 Å². The van der Waals surface area contributed by atoms with E-state index in [9.17, 15) is 0 Å². The van der Waals surface area contributed by atoms with Crippen LogP contribution in [0.1, 0.15) is 5.56 Å². The molecule has 1 aromatic carbocycles. The summed E-state index contributed by atoms with van der Waals surface area (Å²) < 4.78 is 0.882. The largest absolute Gasteiger partial charge is 0.397 e. The van der Waals surface area contributed by atoms with Gasteiger partial charge in [-0.25, -0.2) is 4.98 Å². The first-order valence-electron chi connectivity index (χ1n) is 5.43. The van der Waals surface area contributed by atoms with Crippen molar-refractivity contribution in [2.24, 2.45) is 0 Å². The van der Waals surface area contributed by atoms with Gasteiger partial charge in [-0.3, -0.25) is 0 Å². The van der Waals surface area contributed by atoms with Gasteiger partial charge in [-0.2, -0.15) is 0 Å². The molecule has 0 fully saturated rings. The molecule has 0 bridgehead atoms. The fourth-order valence-corrected chi connectivity index (χ4v) is 2.59. The van der Waals surface area contributed by atoms with Gasteiger partial charge in [0.15, 0.2) is 0 Å². The summed E-state index contributed by atoms with van der Waals surface area (Å²) in [5.41, 5.74) is 7.45. The first-order valence-corrected chi connectivity index (χ1v) is 6.60. The fourth-order valence-electron chi connectivity index (χ4n) is 1.71. The SMILES string of the molecule is CN(Cc1cccc(Cl)c1)c1ncc(N)cc1Br. The number of nitrogens with zero attached hydrogens (tertiary/aromatic N) is 2. The number of aromatic nitrogens is 1. The fraction of sp³-hybridized carbons (Fsp3) is 0.154. The predicted octanol–water partition coefficient (Wildman–Crippen LogP) is 3.72. The Kier molecular flexibility index (Phi) is 4.09. The van der Waals surface area contributed by atoms with Crippen LogP contribution in [0.25, 0.3) is 0 Å². The molecule has 1 heterocycles. The van der Waals surface area contributed by atoms with Gasteiger partial charge < -0.3 is 10.6 Å². The van der Waals surface area contributed by atoms with Crippen LogP contribution in [-0.4, -0.2) is 12.0 Å². The highest BCUT2D eigenvalue weighted by atomic mass is 79.9. The van der Waals surface area contributed by atoms with Gasteiger partial charge in [-0.1, -0.05) is 23.7 Å². The van der Waals surface area contributed by atoms with Gasteiger partial charge in [-0.05, 0) is 39.7 Å². The van der Waals surface area contributed by atoms with E-state index < -0.39 is 0 Å². The quantitative estimate of drug-likeness (QED) is 0.935.